The first-order valence-electron chi connectivity index (χ1n) is 20.4. The van der Waals surface area contributed by atoms with E-state index in [1.807, 2.05) is 78.9 Å². The van der Waals surface area contributed by atoms with Gasteiger partial charge in [0.1, 0.15) is 6.04 Å². The zero-order valence-electron chi connectivity index (χ0n) is 33.0. The van der Waals surface area contributed by atoms with Crippen LogP contribution in [0.3, 0.4) is 0 Å². The van der Waals surface area contributed by atoms with Crippen molar-refractivity contribution in [2.24, 2.45) is 0 Å². The molecule has 3 aromatic rings. The van der Waals surface area contributed by atoms with Crippen molar-refractivity contribution in [3.63, 3.8) is 0 Å². The number of aliphatic hydroxyl groups is 1. The van der Waals surface area contributed by atoms with Gasteiger partial charge in [-0.05, 0) is 54.8 Å². The van der Waals surface area contributed by atoms with Gasteiger partial charge < -0.3 is 34.9 Å². The molecule has 4 atom stereocenters. The normalized spacial score (nSPS) is 17.6. The third kappa shape index (κ3) is 15.2. The first-order chi connectivity index (χ1) is 26.4. The molecule has 0 aromatic heterocycles. The molecule has 1 heterocycles. The Morgan fingerprint density at radius 2 is 1.43 bits per heavy atom. The van der Waals surface area contributed by atoms with Crippen molar-refractivity contribution in [1.29, 1.82) is 0 Å². The SMILES string of the molecule is CCCCCCCCN(CCCCCCCC)CC1CC(c2ccc(CO)cc2)OC(c2cccc(NC(=O)NC(Cc3ccccc3)C(=O)OC)c2)O1. The number of esters is 1. The highest BCUT2D eigenvalue weighted by Crippen LogP contribution is 2.39. The van der Waals surface area contributed by atoms with Gasteiger partial charge in [0.15, 0.2) is 6.29 Å². The van der Waals surface area contributed by atoms with Crippen LogP contribution >= 0.6 is 0 Å². The van der Waals surface area contributed by atoms with E-state index in [0.29, 0.717) is 12.1 Å². The van der Waals surface area contributed by atoms with Crippen molar-refractivity contribution in [2.75, 3.05) is 32.1 Å². The third-order valence-electron chi connectivity index (χ3n) is 10.2. The van der Waals surface area contributed by atoms with Crippen LogP contribution in [0.1, 0.15) is 132 Å². The fourth-order valence-corrected chi connectivity index (χ4v) is 7.12. The maximum atomic E-state index is 13.2. The lowest BCUT2D eigenvalue weighted by Crippen LogP contribution is -2.45. The van der Waals surface area contributed by atoms with E-state index in [2.05, 4.69) is 29.4 Å². The van der Waals surface area contributed by atoms with Gasteiger partial charge in [-0.25, -0.2) is 9.59 Å². The van der Waals surface area contributed by atoms with E-state index < -0.39 is 24.3 Å². The second kappa shape index (κ2) is 24.6. The molecule has 0 aliphatic carbocycles. The lowest BCUT2D eigenvalue weighted by molar-refractivity contribution is -0.253. The van der Waals surface area contributed by atoms with Gasteiger partial charge in [0.25, 0.3) is 0 Å². The summed E-state index contributed by atoms with van der Waals surface area (Å²) in [5, 5.41) is 15.3. The Kier molecular flexibility index (Phi) is 19.6. The summed E-state index contributed by atoms with van der Waals surface area (Å²) >= 11 is 0. The van der Waals surface area contributed by atoms with Crippen LogP contribution in [0.5, 0.6) is 0 Å². The van der Waals surface area contributed by atoms with Crippen molar-refractivity contribution in [3.8, 4) is 0 Å². The molecule has 3 aromatic carbocycles. The molecule has 4 rings (SSSR count). The molecule has 0 bridgehead atoms. The summed E-state index contributed by atoms with van der Waals surface area (Å²) in [6.45, 7) is 7.47. The number of urea groups is 1. The van der Waals surface area contributed by atoms with Gasteiger partial charge in [0, 0.05) is 30.6 Å². The van der Waals surface area contributed by atoms with Crippen LogP contribution in [0.4, 0.5) is 10.5 Å². The molecular formula is C45H65N3O6. The number of nitrogens with zero attached hydrogens (tertiary/aromatic N) is 1. The number of carbonyl (C=O) groups excluding carboxylic acids is 2. The second-order valence-corrected chi connectivity index (χ2v) is 14.7. The molecular weight excluding hydrogens is 679 g/mol. The minimum absolute atomic E-state index is 0.00792. The van der Waals surface area contributed by atoms with Crippen LogP contribution in [0, 0.1) is 0 Å². The van der Waals surface area contributed by atoms with Gasteiger partial charge in [0.2, 0.25) is 0 Å². The predicted molar refractivity (Wildman–Crippen MR) is 216 cm³/mol. The van der Waals surface area contributed by atoms with Crippen molar-refractivity contribution < 1.29 is 28.9 Å². The lowest BCUT2D eigenvalue weighted by Gasteiger charge is -2.38. The average Bonchev–Trinajstić information content (AvgIpc) is 3.20. The molecule has 0 radical (unpaired) electrons. The molecule has 9 heteroatoms. The second-order valence-electron chi connectivity index (χ2n) is 14.7. The van der Waals surface area contributed by atoms with Crippen molar-refractivity contribution >= 4 is 17.7 Å². The number of amides is 2. The van der Waals surface area contributed by atoms with E-state index in [9.17, 15) is 14.7 Å². The van der Waals surface area contributed by atoms with Crippen LogP contribution in [0.2, 0.25) is 0 Å². The van der Waals surface area contributed by atoms with Gasteiger partial charge in [0.05, 0.1) is 25.9 Å². The Hall–Kier alpha value is -3.76. The van der Waals surface area contributed by atoms with E-state index >= 15 is 0 Å². The number of nitrogens with one attached hydrogen (secondary N) is 2. The molecule has 0 spiro atoms. The monoisotopic (exact) mass is 743 g/mol. The summed E-state index contributed by atoms with van der Waals surface area (Å²) in [7, 11) is 1.32. The number of methoxy groups -OCH3 is 1. The Labute approximate surface area is 324 Å². The van der Waals surface area contributed by atoms with Crippen molar-refractivity contribution in [3.05, 3.63) is 101 Å². The zero-order valence-corrected chi connectivity index (χ0v) is 33.0. The molecule has 9 nitrogen and oxygen atoms in total. The standard InChI is InChI=1S/C45H65N3O6/c1-4-6-8-10-12-17-28-48(29-18-13-11-9-7-5-2)33-40-32-42(37-26-24-36(34-49)25-27-37)54-44(53-40)38-22-19-23-39(31-38)46-45(51)47-41(43(50)52-3)30-35-20-15-14-16-21-35/h14-16,19-27,31,40-42,44,49H,4-13,17-18,28-30,32-34H2,1-3H3,(H2,46,47,51). The molecule has 296 valence electrons. The first kappa shape index (κ1) is 43.0. The molecule has 0 saturated carbocycles. The summed E-state index contributed by atoms with van der Waals surface area (Å²) in [4.78, 5) is 28.4. The largest absolute Gasteiger partial charge is 0.467 e. The summed E-state index contributed by atoms with van der Waals surface area (Å²) in [6.07, 6.45) is 15.3. The fourth-order valence-electron chi connectivity index (χ4n) is 7.12. The quantitative estimate of drug-likeness (QED) is 0.0619. The minimum Gasteiger partial charge on any atom is -0.467 e. The number of aliphatic hydroxyl groups excluding tert-OH is 1. The maximum Gasteiger partial charge on any atom is 0.328 e. The number of rotatable bonds is 24. The molecule has 2 amide bonds. The molecule has 1 saturated heterocycles. The predicted octanol–water partition coefficient (Wildman–Crippen LogP) is 9.65. The van der Waals surface area contributed by atoms with Gasteiger partial charge in [-0.3, -0.25) is 0 Å². The zero-order chi connectivity index (χ0) is 38.4. The van der Waals surface area contributed by atoms with Crippen molar-refractivity contribution in [1.82, 2.24) is 10.2 Å². The highest BCUT2D eigenvalue weighted by atomic mass is 16.7. The lowest BCUT2D eigenvalue weighted by atomic mass is 9.99. The van der Waals surface area contributed by atoms with E-state index in [0.717, 1.165) is 48.3 Å². The van der Waals surface area contributed by atoms with E-state index in [-0.39, 0.29) is 18.8 Å². The van der Waals surface area contributed by atoms with Crippen LogP contribution in [-0.2, 0) is 32.0 Å². The van der Waals surface area contributed by atoms with E-state index in [1.54, 1.807) is 0 Å². The summed E-state index contributed by atoms with van der Waals surface area (Å²) in [5.74, 6) is -0.516. The van der Waals surface area contributed by atoms with Gasteiger partial charge in [-0.1, -0.05) is 145 Å². The molecule has 1 aliphatic heterocycles. The smallest absolute Gasteiger partial charge is 0.328 e. The molecule has 1 aliphatic rings. The third-order valence-corrected chi connectivity index (χ3v) is 10.2. The molecule has 3 N–H and O–H groups in total. The topological polar surface area (TPSA) is 109 Å². The maximum absolute atomic E-state index is 13.2. The first-order valence-corrected chi connectivity index (χ1v) is 20.4. The summed E-state index contributed by atoms with van der Waals surface area (Å²) in [5.41, 5.74) is 4.17. The number of carbonyl (C=O) groups is 2. The minimum atomic E-state index is -0.847. The van der Waals surface area contributed by atoms with E-state index in [4.69, 9.17) is 14.2 Å². The Balaban J connectivity index is 1.47. The molecule has 1 fully saturated rings. The van der Waals surface area contributed by atoms with Crippen LogP contribution < -0.4 is 10.6 Å². The highest BCUT2D eigenvalue weighted by molar-refractivity contribution is 5.92. The van der Waals surface area contributed by atoms with Gasteiger partial charge in [-0.15, -0.1) is 0 Å². The number of hydrogen-bond acceptors (Lipinski definition) is 7. The van der Waals surface area contributed by atoms with Crippen LogP contribution in [0.25, 0.3) is 0 Å². The Morgan fingerprint density at radius 3 is 2.06 bits per heavy atom. The number of unbranched alkanes of at least 4 members (excludes halogenated alkanes) is 10. The average molecular weight is 744 g/mol. The fraction of sp³-hybridized carbons (Fsp3) is 0.556. The van der Waals surface area contributed by atoms with Gasteiger partial charge in [-0.2, -0.15) is 0 Å². The van der Waals surface area contributed by atoms with Gasteiger partial charge >= 0.3 is 12.0 Å². The van der Waals surface area contributed by atoms with Crippen molar-refractivity contribution in [2.45, 2.75) is 135 Å². The Bertz CT molecular complexity index is 1470. The van der Waals surface area contributed by atoms with Crippen LogP contribution in [0.15, 0.2) is 78.9 Å². The summed E-state index contributed by atoms with van der Waals surface area (Å²) in [6, 6.07) is 23.6. The number of anilines is 1. The highest BCUT2D eigenvalue weighted by Gasteiger charge is 2.33. The number of benzene rings is 3. The van der Waals surface area contributed by atoms with E-state index in [1.165, 1.54) is 84.2 Å². The molecule has 4 unspecified atom stereocenters. The number of hydrogen-bond donors (Lipinski definition) is 3. The summed E-state index contributed by atoms with van der Waals surface area (Å²) < 4.78 is 18.4. The molecule has 54 heavy (non-hydrogen) atoms. The Morgan fingerprint density at radius 1 is 0.778 bits per heavy atom. The van der Waals surface area contributed by atoms with Crippen LogP contribution in [-0.4, -0.2) is 60.9 Å². The number of ether oxygens (including phenoxy) is 3.